The normalized spacial score (nSPS) is 9.86. The molecule has 110 valence electrons. The molecule has 0 bridgehead atoms. The molecule has 1 amide bonds. The molecule has 2 aromatic rings. The summed E-state index contributed by atoms with van der Waals surface area (Å²) >= 11 is 0. The molecule has 0 radical (unpaired) electrons. The van der Waals surface area contributed by atoms with Crippen LogP contribution in [0.5, 0.6) is 11.8 Å². The van der Waals surface area contributed by atoms with Crippen molar-refractivity contribution < 1.29 is 14.3 Å². The van der Waals surface area contributed by atoms with Crippen molar-refractivity contribution >= 4 is 17.5 Å². The maximum Gasteiger partial charge on any atom is 0.261 e. The number of methoxy groups -OCH3 is 2. The van der Waals surface area contributed by atoms with Crippen molar-refractivity contribution in [2.45, 2.75) is 0 Å². The summed E-state index contributed by atoms with van der Waals surface area (Å²) in [6.07, 6.45) is 3.05. The topological polar surface area (TPSA) is 98.3 Å². The number of aromatic nitrogens is 3. The molecule has 0 saturated carbocycles. The van der Waals surface area contributed by atoms with Crippen LogP contribution >= 0.6 is 0 Å². The molecule has 0 aromatic carbocycles. The fourth-order valence-corrected chi connectivity index (χ4v) is 1.63. The van der Waals surface area contributed by atoms with Crippen molar-refractivity contribution in [1.82, 2.24) is 15.0 Å². The molecule has 2 rings (SSSR count). The number of carbonyl (C=O) groups excluding carboxylic acids is 1. The van der Waals surface area contributed by atoms with Crippen LogP contribution in [-0.2, 0) is 0 Å². The van der Waals surface area contributed by atoms with Crippen LogP contribution in [0.1, 0.15) is 10.4 Å². The number of nitrogens with one attached hydrogen (secondary N) is 2. The van der Waals surface area contributed by atoms with Crippen LogP contribution in [-0.4, -0.2) is 42.1 Å². The summed E-state index contributed by atoms with van der Waals surface area (Å²) in [5.41, 5.74) is 1.03. The highest BCUT2D eigenvalue weighted by atomic mass is 16.5. The molecule has 0 aliphatic carbocycles. The Hall–Kier alpha value is -2.90. The van der Waals surface area contributed by atoms with Gasteiger partial charge in [0.25, 0.3) is 5.91 Å². The van der Waals surface area contributed by atoms with Crippen molar-refractivity contribution in [3.63, 3.8) is 0 Å². The van der Waals surface area contributed by atoms with Gasteiger partial charge in [-0.25, -0.2) is 0 Å². The van der Waals surface area contributed by atoms with Crippen LogP contribution < -0.4 is 20.1 Å². The van der Waals surface area contributed by atoms with Crippen molar-refractivity contribution in [3.05, 3.63) is 30.1 Å². The third kappa shape index (κ3) is 3.35. The number of carbonyl (C=O) groups is 1. The van der Waals surface area contributed by atoms with Gasteiger partial charge < -0.3 is 14.8 Å². The predicted octanol–water partition coefficient (Wildman–Crippen LogP) is 1.18. The molecule has 0 atom stereocenters. The second-order valence-electron chi connectivity index (χ2n) is 3.90. The first-order valence-electron chi connectivity index (χ1n) is 6.08. The molecule has 0 fully saturated rings. The highest BCUT2D eigenvalue weighted by Gasteiger charge is 2.14. The van der Waals surface area contributed by atoms with Crippen LogP contribution in [0.2, 0.25) is 0 Å². The lowest BCUT2D eigenvalue weighted by Crippen LogP contribution is -2.16. The molecule has 8 nitrogen and oxygen atoms in total. The van der Waals surface area contributed by atoms with Gasteiger partial charge in [-0.3, -0.25) is 15.1 Å². The number of amides is 1. The highest BCUT2D eigenvalue weighted by Crippen LogP contribution is 2.19. The van der Waals surface area contributed by atoms with E-state index in [0.29, 0.717) is 11.3 Å². The predicted molar refractivity (Wildman–Crippen MR) is 76.9 cm³/mol. The Balaban J connectivity index is 2.27. The summed E-state index contributed by atoms with van der Waals surface area (Å²) < 4.78 is 10.0. The molecule has 0 aliphatic rings. The first-order valence-corrected chi connectivity index (χ1v) is 6.08. The minimum absolute atomic E-state index is 0.0853. The Morgan fingerprint density at radius 1 is 1.19 bits per heavy atom. The van der Waals surface area contributed by atoms with E-state index in [0.717, 1.165) is 0 Å². The quantitative estimate of drug-likeness (QED) is 0.852. The number of hydrogen-bond acceptors (Lipinski definition) is 7. The molecule has 0 saturated heterocycles. The van der Waals surface area contributed by atoms with E-state index in [-0.39, 0.29) is 23.6 Å². The lowest BCUT2D eigenvalue weighted by Gasteiger charge is -2.09. The van der Waals surface area contributed by atoms with Gasteiger partial charge in [0.1, 0.15) is 0 Å². The second kappa shape index (κ2) is 6.51. The lowest BCUT2D eigenvalue weighted by molar-refractivity contribution is 0.102. The van der Waals surface area contributed by atoms with Gasteiger partial charge in [0.05, 0.1) is 25.8 Å². The van der Waals surface area contributed by atoms with Crippen molar-refractivity contribution in [3.8, 4) is 11.8 Å². The Kier molecular flexibility index (Phi) is 4.50. The van der Waals surface area contributed by atoms with E-state index < -0.39 is 0 Å². The average Bonchev–Trinajstić information content (AvgIpc) is 2.54. The van der Waals surface area contributed by atoms with Crippen LogP contribution in [0, 0.1) is 0 Å². The van der Waals surface area contributed by atoms with E-state index in [9.17, 15) is 4.79 Å². The molecule has 8 heteroatoms. The Morgan fingerprint density at radius 2 is 1.86 bits per heavy atom. The summed E-state index contributed by atoms with van der Waals surface area (Å²) in [6, 6.07) is 3.21. The summed E-state index contributed by atoms with van der Waals surface area (Å²) in [5.74, 6) is 0.277. The zero-order valence-electron chi connectivity index (χ0n) is 11.9. The second-order valence-corrected chi connectivity index (χ2v) is 3.90. The molecule has 2 N–H and O–H groups in total. The largest absolute Gasteiger partial charge is 0.481 e. The van der Waals surface area contributed by atoms with Gasteiger partial charge >= 0.3 is 0 Å². The molecular formula is C13H15N5O3. The zero-order valence-corrected chi connectivity index (χ0v) is 11.9. The molecule has 0 spiro atoms. The molecular weight excluding hydrogens is 274 g/mol. The zero-order chi connectivity index (χ0) is 15.2. The number of anilines is 2. The molecule has 0 aliphatic heterocycles. The van der Waals surface area contributed by atoms with Crippen LogP contribution in [0.3, 0.4) is 0 Å². The lowest BCUT2D eigenvalue weighted by atomic mass is 10.2. The minimum Gasteiger partial charge on any atom is -0.481 e. The summed E-state index contributed by atoms with van der Waals surface area (Å²) in [4.78, 5) is 24.2. The fraction of sp³-hybridized carbons (Fsp3) is 0.231. The smallest absolute Gasteiger partial charge is 0.261 e. The van der Waals surface area contributed by atoms with Gasteiger partial charge in [0.15, 0.2) is 0 Å². The molecule has 0 unspecified atom stereocenters. The Bertz CT molecular complexity index is 625. The van der Waals surface area contributed by atoms with E-state index in [4.69, 9.17) is 9.47 Å². The van der Waals surface area contributed by atoms with E-state index in [1.165, 1.54) is 26.5 Å². The SMILES string of the molecule is CNc1ccncc1C(=O)Nc1nc(OC)cc(OC)n1. The standard InChI is InChI=1S/C13H15N5O3/c1-14-9-4-5-15-7-8(9)12(19)18-13-16-10(20-2)6-11(17-13)21-3/h4-7H,1-3H3,(H,14,15)(H,16,17,18,19). The van der Waals surface area contributed by atoms with Crippen LogP contribution in [0.4, 0.5) is 11.6 Å². The number of pyridine rings is 1. The summed E-state index contributed by atoms with van der Waals surface area (Å²) in [5, 5.41) is 5.50. The fourth-order valence-electron chi connectivity index (χ4n) is 1.63. The molecule has 21 heavy (non-hydrogen) atoms. The first-order chi connectivity index (χ1) is 10.2. The van der Waals surface area contributed by atoms with E-state index in [1.54, 1.807) is 19.3 Å². The van der Waals surface area contributed by atoms with Gasteiger partial charge in [0, 0.05) is 25.1 Å². The maximum atomic E-state index is 12.2. The summed E-state index contributed by atoms with van der Waals surface area (Å²) in [6.45, 7) is 0. The minimum atomic E-state index is -0.386. The van der Waals surface area contributed by atoms with Gasteiger partial charge in [-0.1, -0.05) is 0 Å². The van der Waals surface area contributed by atoms with Crippen LogP contribution in [0.25, 0.3) is 0 Å². The van der Waals surface area contributed by atoms with Crippen molar-refractivity contribution in [2.75, 3.05) is 31.9 Å². The Labute approximate surface area is 121 Å². The first kappa shape index (κ1) is 14.5. The van der Waals surface area contributed by atoms with Crippen molar-refractivity contribution in [1.29, 1.82) is 0 Å². The number of rotatable bonds is 5. The Morgan fingerprint density at radius 3 is 2.43 bits per heavy atom. The monoisotopic (exact) mass is 289 g/mol. The van der Waals surface area contributed by atoms with E-state index in [1.807, 2.05) is 0 Å². The van der Waals surface area contributed by atoms with Gasteiger partial charge in [-0.15, -0.1) is 0 Å². The van der Waals surface area contributed by atoms with Gasteiger partial charge in [-0.05, 0) is 6.07 Å². The maximum absolute atomic E-state index is 12.2. The average molecular weight is 289 g/mol. The number of ether oxygens (including phenoxy) is 2. The number of hydrogen-bond donors (Lipinski definition) is 2. The van der Waals surface area contributed by atoms with Gasteiger partial charge in [0.2, 0.25) is 17.7 Å². The third-order valence-corrected chi connectivity index (χ3v) is 2.66. The van der Waals surface area contributed by atoms with Crippen molar-refractivity contribution in [2.24, 2.45) is 0 Å². The van der Waals surface area contributed by atoms with Gasteiger partial charge in [-0.2, -0.15) is 9.97 Å². The van der Waals surface area contributed by atoms with E-state index >= 15 is 0 Å². The molecule has 2 aromatic heterocycles. The summed E-state index contributed by atoms with van der Waals surface area (Å²) in [7, 11) is 4.65. The third-order valence-electron chi connectivity index (χ3n) is 2.66. The molecule has 2 heterocycles. The highest BCUT2D eigenvalue weighted by molar-refractivity contribution is 6.07. The van der Waals surface area contributed by atoms with E-state index in [2.05, 4.69) is 25.6 Å². The number of nitrogens with zero attached hydrogens (tertiary/aromatic N) is 3. The van der Waals surface area contributed by atoms with Crippen LogP contribution in [0.15, 0.2) is 24.5 Å².